The summed E-state index contributed by atoms with van der Waals surface area (Å²) < 4.78 is 23.9. The molecule has 15 nitrogen and oxygen atoms in total. The Morgan fingerprint density at radius 2 is 1.69 bits per heavy atom. The number of amides is 1. The van der Waals surface area contributed by atoms with Crippen molar-refractivity contribution in [3.63, 3.8) is 0 Å². The number of Topliss-reactive ketones (excluding diaryl/α,β-unsaturated/α-hetero) is 1. The Hall–Kier alpha value is -5.09. The second-order valence-corrected chi connectivity index (χ2v) is 17.6. The number of benzene rings is 2. The van der Waals surface area contributed by atoms with Gasteiger partial charge in [-0.1, -0.05) is 59.4 Å². The van der Waals surface area contributed by atoms with Gasteiger partial charge in [0.15, 0.2) is 11.4 Å². The second-order valence-electron chi connectivity index (χ2n) is 17.6. The number of phenols is 2. The summed E-state index contributed by atoms with van der Waals surface area (Å²) in [5.41, 5.74) is -0.401. The molecule has 7 rings (SSSR count). The Bertz CT molecular complexity index is 2340. The molecule has 2 aromatic rings. The van der Waals surface area contributed by atoms with E-state index in [9.17, 15) is 34.8 Å². The van der Waals surface area contributed by atoms with Crippen LogP contribution in [0, 0.1) is 30.6 Å². The number of anilines is 1. The molecule has 5 aliphatic rings. The molecule has 1 spiro atoms. The first-order valence-electron chi connectivity index (χ1n) is 20.9. The van der Waals surface area contributed by atoms with E-state index in [0.717, 1.165) is 6.54 Å². The predicted molar refractivity (Wildman–Crippen MR) is 228 cm³/mol. The van der Waals surface area contributed by atoms with E-state index in [1.54, 1.807) is 34.6 Å². The zero-order chi connectivity index (χ0) is 44.9. The van der Waals surface area contributed by atoms with Gasteiger partial charge < -0.3 is 49.6 Å². The number of likely N-dealkylation sites (tertiary alicyclic amines) is 1. The molecule has 8 atom stereocenters. The van der Waals surface area contributed by atoms with Gasteiger partial charge in [0.1, 0.15) is 28.6 Å². The van der Waals surface area contributed by atoms with Gasteiger partial charge in [0, 0.05) is 87.7 Å². The second kappa shape index (κ2) is 17.3. The van der Waals surface area contributed by atoms with Gasteiger partial charge in [-0.3, -0.25) is 24.4 Å². The highest BCUT2D eigenvalue weighted by molar-refractivity contribution is 6.19. The maximum Gasteiger partial charge on any atom is 0.312 e. The number of rotatable bonds is 4. The largest absolute Gasteiger partial charge is 0.507 e. The number of carbonyl (C=O) groups excluding carboxylic acids is 3. The number of carbonyl (C=O) groups is 3. The third kappa shape index (κ3) is 8.45. The molecule has 5 bridgehead atoms. The zero-order valence-corrected chi connectivity index (χ0v) is 36.7. The number of nitrogens with one attached hydrogen (secondary N) is 1. The number of methoxy groups -OCH3 is 1. The molecule has 5 heterocycles. The van der Waals surface area contributed by atoms with Gasteiger partial charge in [-0.05, 0) is 31.4 Å². The molecule has 15 heteroatoms. The van der Waals surface area contributed by atoms with Crippen LogP contribution in [0.2, 0.25) is 0 Å². The van der Waals surface area contributed by atoms with E-state index in [-0.39, 0.29) is 60.9 Å². The number of phenolic OH excluding ortho intramolecular Hbond substituents is 2. The van der Waals surface area contributed by atoms with E-state index in [0.29, 0.717) is 31.8 Å². The molecule has 0 aliphatic carbocycles. The number of hydrogen-bond donors (Lipinski definition) is 5. The Morgan fingerprint density at radius 1 is 1.03 bits per heavy atom. The van der Waals surface area contributed by atoms with E-state index < -0.39 is 77.0 Å². The maximum atomic E-state index is 14.7. The average Bonchev–Trinajstić information content (AvgIpc) is 3.71. The number of aromatic hydroxyl groups is 2. The van der Waals surface area contributed by atoms with Gasteiger partial charge in [-0.2, -0.15) is 0 Å². The van der Waals surface area contributed by atoms with Gasteiger partial charge in [-0.25, -0.2) is 0 Å². The summed E-state index contributed by atoms with van der Waals surface area (Å²) >= 11 is 0. The fourth-order valence-corrected chi connectivity index (χ4v) is 8.97. The molecule has 61 heavy (non-hydrogen) atoms. The Labute approximate surface area is 356 Å². The minimum Gasteiger partial charge on any atom is -0.507 e. The summed E-state index contributed by atoms with van der Waals surface area (Å²) in [5.74, 6) is -6.23. The van der Waals surface area contributed by atoms with Crippen LogP contribution >= 0.6 is 0 Å². The molecule has 2 aromatic carbocycles. The molecule has 1 amide bonds. The molecule has 5 aliphatic heterocycles. The normalized spacial score (nSPS) is 29.6. The maximum absolute atomic E-state index is 14.7. The lowest BCUT2D eigenvalue weighted by Crippen LogP contribution is -2.46. The fourth-order valence-electron chi connectivity index (χ4n) is 8.97. The molecule has 330 valence electrons. The van der Waals surface area contributed by atoms with Crippen molar-refractivity contribution in [3.05, 3.63) is 70.1 Å². The lowest BCUT2D eigenvalue weighted by atomic mass is 9.79. The van der Waals surface area contributed by atoms with Crippen molar-refractivity contribution in [2.75, 3.05) is 32.1 Å². The topological polar surface area (TPSA) is 209 Å². The standard InChI is InChI=1S/C46H60N4O11/c1-22(2)21-50-18-16-46(17-19-50)48-34-31-32-39(54)28(8)42-33(31)43(56)45(10,61-42)59-20-15-30(58-11)25(5)41(60-29(9)51)27(7)38(53)26(6)37(52)23(3)13-12-14-24(4)44(57)47-36(40(32)55)35(34)49-46/h12-15,20,22,25-27,30,37-38,41,52-55H,3,16-19,21H2,1-2,4-11H3,(H,47,57). The van der Waals surface area contributed by atoms with E-state index >= 15 is 0 Å². The van der Waals surface area contributed by atoms with Gasteiger partial charge in [-0.15, -0.1) is 0 Å². The molecule has 0 saturated carbocycles. The van der Waals surface area contributed by atoms with Gasteiger partial charge in [0.25, 0.3) is 11.7 Å². The van der Waals surface area contributed by atoms with Crippen molar-refractivity contribution in [1.29, 1.82) is 0 Å². The molecular formula is C46H60N4O11. The van der Waals surface area contributed by atoms with Crippen LogP contribution < -0.4 is 20.8 Å². The lowest BCUT2D eigenvalue weighted by molar-refractivity contribution is -0.160. The highest BCUT2D eigenvalue weighted by Gasteiger charge is 2.50. The number of hydrogen-bond acceptors (Lipinski definition) is 14. The number of aliphatic hydroxyl groups excluding tert-OH is 2. The van der Waals surface area contributed by atoms with Crippen molar-refractivity contribution in [3.8, 4) is 17.2 Å². The molecule has 1 fully saturated rings. The molecule has 5 N–H and O–H groups in total. The van der Waals surface area contributed by atoms with Crippen molar-refractivity contribution in [1.82, 2.24) is 4.90 Å². The van der Waals surface area contributed by atoms with E-state index in [1.807, 2.05) is 0 Å². The smallest absolute Gasteiger partial charge is 0.312 e. The van der Waals surface area contributed by atoms with Crippen LogP contribution in [0.3, 0.4) is 0 Å². The first-order chi connectivity index (χ1) is 28.6. The molecular weight excluding hydrogens is 785 g/mol. The van der Waals surface area contributed by atoms with Crippen LogP contribution in [-0.4, -0.2) is 106 Å². The van der Waals surface area contributed by atoms with Crippen LogP contribution in [0.5, 0.6) is 17.2 Å². The third-order valence-electron chi connectivity index (χ3n) is 12.6. The first kappa shape index (κ1) is 45.4. The van der Waals surface area contributed by atoms with Crippen LogP contribution in [-0.2, 0) is 23.8 Å². The van der Waals surface area contributed by atoms with Gasteiger partial charge in [0.05, 0.1) is 40.9 Å². The number of nitrogens with zero attached hydrogens (tertiary/aromatic N) is 3. The van der Waals surface area contributed by atoms with Crippen LogP contribution in [0.4, 0.5) is 5.69 Å². The molecule has 0 aromatic heterocycles. The van der Waals surface area contributed by atoms with Crippen LogP contribution in [0.1, 0.15) is 84.2 Å². The minimum atomic E-state index is -1.97. The number of ether oxygens (including phenoxy) is 4. The predicted octanol–water partition coefficient (Wildman–Crippen LogP) is 4.67. The highest BCUT2D eigenvalue weighted by atomic mass is 16.7. The summed E-state index contributed by atoms with van der Waals surface area (Å²) in [6, 6.07) is 0. The van der Waals surface area contributed by atoms with E-state index in [4.69, 9.17) is 28.9 Å². The van der Waals surface area contributed by atoms with Crippen LogP contribution in [0.15, 0.2) is 58.3 Å². The summed E-state index contributed by atoms with van der Waals surface area (Å²) in [6.07, 6.45) is 4.34. The Kier molecular flexibility index (Phi) is 12.9. The van der Waals surface area contributed by atoms with Crippen molar-refractivity contribution >= 4 is 34.1 Å². The number of aliphatic hydroxyl groups is 2. The number of allylic oxidation sites excluding steroid dienone is 2. The average molecular weight is 845 g/mol. The monoisotopic (exact) mass is 844 g/mol. The fraction of sp³-hybridized carbons (Fsp3) is 0.543. The highest BCUT2D eigenvalue weighted by Crippen LogP contribution is 2.50. The molecule has 8 unspecified atom stereocenters. The Balaban J connectivity index is 1.54. The number of fused-ring (bicyclic) bond motifs is 13. The summed E-state index contributed by atoms with van der Waals surface area (Å²) in [6.45, 7) is 21.5. The summed E-state index contributed by atoms with van der Waals surface area (Å²) in [7, 11) is 1.46. The van der Waals surface area contributed by atoms with Crippen molar-refractivity contribution in [2.24, 2.45) is 33.7 Å². The number of ketones is 1. The molecule has 1 saturated heterocycles. The van der Waals surface area contributed by atoms with Crippen molar-refractivity contribution < 1.29 is 53.8 Å². The van der Waals surface area contributed by atoms with Gasteiger partial charge >= 0.3 is 11.8 Å². The molecule has 0 radical (unpaired) electrons. The van der Waals surface area contributed by atoms with E-state index in [1.165, 1.54) is 51.5 Å². The quantitative estimate of drug-likeness (QED) is 0.210. The summed E-state index contributed by atoms with van der Waals surface area (Å²) in [5, 5.41) is 49.9. The Morgan fingerprint density at radius 3 is 2.31 bits per heavy atom. The van der Waals surface area contributed by atoms with E-state index in [2.05, 4.69) is 30.6 Å². The number of piperidine rings is 1. The van der Waals surface area contributed by atoms with Gasteiger partial charge in [0.2, 0.25) is 0 Å². The van der Waals surface area contributed by atoms with Crippen molar-refractivity contribution in [2.45, 2.75) is 111 Å². The zero-order valence-electron chi connectivity index (χ0n) is 36.7. The minimum absolute atomic E-state index is 0.0282. The third-order valence-corrected chi connectivity index (χ3v) is 12.6. The summed E-state index contributed by atoms with van der Waals surface area (Å²) in [4.78, 5) is 53.6. The van der Waals surface area contributed by atoms with Crippen LogP contribution in [0.25, 0.3) is 10.8 Å². The SMILES string of the molecule is C=C1C=CC=C(C)C(=O)Nc2c(O)c3c(O)c(C)c4c(c3c3c2=NC2(CCN(CC(C)C)CC2)N=3)C(=O)C(C)(OC=CC(OC)C(C)C(OC(C)=O)C(C)C(O)C(C)C1O)O4. The number of esters is 1. The lowest BCUT2D eigenvalue weighted by Gasteiger charge is -2.37. The first-order valence-corrected chi connectivity index (χ1v) is 20.9.